The first kappa shape index (κ1) is 17.5. The second-order valence-electron chi connectivity index (χ2n) is 6.28. The van der Waals surface area contributed by atoms with Gasteiger partial charge in [-0.15, -0.1) is 0 Å². The van der Waals surface area contributed by atoms with Crippen molar-refractivity contribution in [3.63, 3.8) is 0 Å². The largest absolute Gasteiger partial charge is 0.381 e. The first-order chi connectivity index (χ1) is 11.1. The van der Waals surface area contributed by atoms with Gasteiger partial charge in [-0.25, -0.2) is 0 Å². The van der Waals surface area contributed by atoms with Crippen molar-refractivity contribution < 1.29 is 14.3 Å². The molecule has 1 fully saturated rings. The van der Waals surface area contributed by atoms with Crippen LogP contribution in [-0.2, 0) is 9.53 Å². The van der Waals surface area contributed by atoms with Crippen LogP contribution in [0.5, 0.6) is 0 Å². The SMILES string of the molecule is CC(C)COCCCNC(=O)c1cccc(N2CCCC2=O)c1. The number of nitrogens with one attached hydrogen (secondary N) is 1. The van der Waals surface area contributed by atoms with E-state index in [2.05, 4.69) is 19.2 Å². The third kappa shape index (κ3) is 5.36. The molecule has 1 N–H and O–H groups in total. The summed E-state index contributed by atoms with van der Waals surface area (Å²) in [6.07, 6.45) is 2.27. The van der Waals surface area contributed by atoms with E-state index in [1.165, 1.54) is 0 Å². The first-order valence-electron chi connectivity index (χ1n) is 8.34. The minimum absolute atomic E-state index is 0.109. The fourth-order valence-corrected chi connectivity index (χ4v) is 2.53. The third-order valence-corrected chi connectivity index (χ3v) is 3.70. The molecule has 0 aliphatic carbocycles. The van der Waals surface area contributed by atoms with Gasteiger partial charge >= 0.3 is 0 Å². The molecule has 126 valence electrons. The molecule has 0 aromatic heterocycles. The quantitative estimate of drug-likeness (QED) is 0.750. The molecule has 5 nitrogen and oxygen atoms in total. The average Bonchev–Trinajstić information content (AvgIpc) is 2.96. The van der Waals surface area contributed by atoms with Crippen molar-refractivity contribution in [2.24, 2.45) is 5.92 Å². The lowest BCUT2D eigenvalue weighted by atomic mass is 10.1. The predicted molar refractivity (Wildman–Crippen MR) is 90.6 cm³/mol. The van der Waals surface area contributed by atoms with Crippen LogP contribution >= 0.6 is 0 Å². The number of hydrogen-bond acceptors (Lipinski definition) is 3. The van der Waals surface area contributed by atoms with Crippen LogP contribution < -0.4 is 10.2 Å². The maximum Gasteiger partial charge on any atom is 0.251 e. The van der Waals surface area contributed by atoms with Crippen LogP contribution in [-0.4, -0.2) is 38.1 Å². The monoisotopic (exact) mass is 318 g/mol. The van der Waals surface area contributed by atoms with Gasteiger partial charge in [0.25, 0.3) is 5.91 Å². The summed E-state index contributed by atoms with van der Waals surface area (Å²) in [5, 5.41) is 2.89. The summed E-state index contributed by atoms with van der Waals surface area (Å²) in [5.74, 6) is 0.549. The highest BCUT2D eigenvalue weighted by molar-refractivity contribution is 5.99. The summed E-state index contributed by atoms with van der Waals surface area (Å²) in [7, 11) is 0. The molecule has 0 spiro atoms. The average molecular weight is 318 g/mol. The van der Waals surface area contributed by atoms with Gasteiger partial charge in [-0.2, -0.15) is 0 Å². The van der Waals surface area contributed by atoms with E-state index in [4.69, 9.17) is 4.74 Å². The summed E-state index contributed by atoms with van der Waals surface area (Å²) in [6.45, 7) is 6.95. The summed E-state index contributed by atoms with van der Waals surface area (Å²) < 4.78 is 5.49. The Hall–Kier alpha value is -1.88. The van der Waals surface area contributed by atoms with E-state index in [1.54, 1.807) is 17.0 Å². The van der Waals surface area contributed by atoms with Crippen molar-refractivity contribution in [3.05, 3.63) is 29.8 Å². The van der Waals surface area contributed by atoms with E-state index in [-0.39, 0.29) is 11.8 Å². The molecule has 5 heteroatoms. The number of carbonyl (C=O) groups is 2. The van der Waals surface area contributed by atoms with E-state index in [1.807, 2.05) is 12.1 Å². The lowest BCUT2D eigenvalue weighted by molar-refractivity contribution is -0.117. The Labute approximate surface area is 138 Å². The topological polar surface area (TPSA) is 58.6 Å². The smallest absolute Gasteiger partial charge is 0.251 e. The van der Waals surface area contributed by atoms with Gasteiger partial charge in [0.15, 0.2) is 0 Å². The maximum absolute atomic E-state index is 12.2. The lowest BCUT2D eigenvalue weighted by Gasteiger charge is -2.16. The van der Waals surface area contributed by atoms with E-state index in [0.29, 0.717) is 31.1 Å². The van der Waals surface area contributed by atoms with E-state index >= 15 is 0 Å². The van der Waals surface area contributed by atoms with Crippen LogP contribution in [0.25, 0.3) is 0 Å². The number of nitrogens with zero attached hydrogens (tertiary/aromatic N) is 1. The molecule has 1 saturated heterocycles. The van der Waals surface area contributed by atoms with Gasteiger partial charge in [-0.05, 0) is 37.0 Å². The molecule has 1 aliphatic rings. The van der Waals surface area contributed by atoms with Crippen molar-refractivity contribution in [1.82, 2.24) is 5.32 Å². The van der Waals surface area contributed by atoms with Crippen LogP contribution in [0.1, 0.15) is 43.5 Å². The van der Waals surface area contributed by atoms with E-state index in [9.17, 15) is 9.59 Å². The molecular weight excluding hydrogens is 292 g/mol. The standard InChI is InChI=1S/C18H26N2O3/c1-14(2)13-23-11-5-9-19-18(22)15-6-3-7-16(12-15)20-10-4-8-17(20)21/h3,6-7,12,14H,4-5,8-11,13H2,1-2H3,(H,19,22). The Morgan fingerprint density at radius 1 is 1.39 bits per heavy atom. The third-order valence-electron chi connectivity index (χ3n) is 3.70. The van der Waals surface area contributed by atoms with Gasteiger partial charge < -0.3 is 15.0 Å². The van der Waals surface area contributed by atoms with Crippen molar-refractivity contribution in [3.8, 4) is 0 Å². The first-order valence-corrected chi connectivity index (χ1v) is 8.34. The van der Waals surface area contributed by atoms with Gasteiger partial charge in [-0.3, -0.25) is 9.59 Å². The second kappa shape index (κ2) is 8.67. The molecule has 0 saturated carbocycles. The Morgan fingerprint density at radius 3 is 2.91 bits per heavy atom. The van der Waals surface area contributed by atoms with Crippen LogP contribution in [0.3, 0.4) is 0 Å². The molecule has 1 aromatic carbocycles. The highest BCUT2D eigenvalue weighted by Crippen LogP contribution is 2.22. The summed E-state index contributed by atoms with van der Waals surface area (Å²) in [6, 6.07) is 7.25. The molecule has 0 radical (unpaired) electrons. The Balaban J connectivity index is 1.79. The van der Waals surface area contributed by atoms with E-state index < -0.39 is 0 Å². The predicted octanol–water partition coefficient (Wildman–Crippen LogP) is 2.61. The van der Waals surface area contributed by atoms with Crippen molar-refractivity contribution >= 4 is 17.5 Å². The van der Waals surface area contributed by atoms with Gasteiger partial charge in [0, 0.05) is 44.0 Å². The molecule has 0 unspecified atom stereocenters. The molecule has 0 atom stereocenters. The maximum atomic E-state index is 12.2. The number of hydrogen-bond donors (Lipinski definition) is 1. The molecule has 1 aromatic rings. The molecular formula is C18H26N2O3. The number of ether oxygens (including phenoxy) is 1. The summed E-state index contributed by atoms with van der Waals surface area (Å²) in [4.78, 5) is 25.7. The number of benzene rings is 1. The molecule has 2 amide bonds. The van der Waals surface area contributed by atoms with Gasteiger partial charge in [0.2, 0.25) is 5.91 Å². The van der Waals surface area contributed by atoms with Crippen LogP contribution in [0.2, 0.25) is 0 Å². The molecule has 2 rings (SSSR count). The zero-order chi connectivity index (χ0) is 16.7. The van der Waals surface area contributed by atoms with Crippen LogP contribution in [0.4, 0.5) is 5.69 Å². The fraction of sp³-hybridized carbons (Fsp3) is 0.556. The Kier molecular flexibility index (Phi) is 6.59. The van der Waals surface area contributed by atoms with Crippen molar-refractivity contribution in [2.45, 2.75) is 33.1 Å². The number of carbonyl (C=O) groups excluding carboxylic acids is 2. The number of anilines is 1. The van der Waals surface area contributed by atoms with Gasteiger partial charge in [0.05, 0.1) is 0 Å². The summed E-state index contributed by atoms with van der Waals surface area (Å²) >= 11 is 0. The summed E-state index contributed by atoms with van der Waals surface area (Å²) in [5.41, 5.74) is 1.39. The number of rotatable bonds is 8. The fourth-order valence-electron chi connectivity index (χ4n) is 2.53. The Bertz CT molecular complexity index is 543. The Morgan fingerprint density at radius 2 is 2.22 bits per heavy atom. The lowest BCUT2D eigenvalue weighted by Crippen LogP contribution is -2.27. The van der Waals surface area contributed by atoms with Gasteiger partial charge in [0.1, 0.15) is 0 Å². The normalized spacial score (nSPS) is 14.6. The van der Waals surface area contributed by atoms with E-state index in [0.717, 1.165) is 31.7 Å². The number of amides is 2. The van der Waals surface area contributed by atoms with Gasteiger partial charge in [-0.1, -0.05) is 19.9 Å². The van der Waals surface area contributed by atoms with Crippen LogP contribution in [0, 0.1) is 5.92 Å². The zero-order valence-electron chi connectivity index (χ0n) is 14.0. The van der Waals surface area contributed by atoms with Crippen LogP contribution in [0.15, 0.2) is 24.3 Å². The molecule has 23 heavy (non-hydrogen) atoms. The van der Waals surface area contributed by atoms with Crippen molar-refractivity contribution in [1.29, 1.82) is 0 Å². The van der Waals surface area contributed by atoms with Crippen molar-refractivity contribution in [2.75, 3.05) is 31.2 Å². The molecule has 0 bridgehead atoms. The second-order valence-corrected chi connectivity index (χ2v) is 6.28. The molecule has 1 aliphatic heterocycles. The minimum atomic E-state index is -0.109. The minimum Gasteiger partial charge on any atom is -0.381 e. The highest BCUT2D eigenvalue weighted by Gasteiger charge is 2.22. The zero-order valence-corrected chi connectivity index (χ0v) is 14.0. The highest BCUT2D eigenvalue weighted by atomic mass is 16.5. The molecule has 1 heterocycles.